The van der Waals surface area contributed by atoms with Gasteiger partial charge in [-0.2, -0.15) is 0 Å². The number of hydrogen-bond donors (Lipinski definition) is 1. The van der Waals surface area contributed by atoms with Crippen LogP contribution in [0, 0.1) is 6.92 Å². The van der Waals surface area contributed by atoms with Gasteiger partial charge in [-0.1, -0.05) is 0 Å². The smallest absolute Gasteiger partial charge is 0.337 e. The monoisotopic (exact) mass is 275 g/mol. The first-order valence-electron chi connectivity index (χ1n) is 6.19. The molecule has 2 aromatic rings. The Morgan fingerprint density at radius 3 is 2.65 bits per heavy atom. The lowest BCUT2D eigenvalue weighted by Crippen LogP contribution is -2.19. The van der Waals surface area contributed by atoms with Crippen LogP contribution in [-0.4, -0.2) is 25.2 Å². The maximum Gasteiger partial charge on any atom is 0.337 e. The standard InChI is InChI=1S/C15H17NO4/c1-10-4-5-12(20-10)9-16(2)14-8-11(19-3)6-7-13(14)15(17)18/h4-8H,9H2,1-3H3,(H,17,18). The molecule has 0 saturated heterocycles. The van der Waals surface area contributed by atoms with Gasteiger partial charge in [0.15, 0.2) is 0 Å². The zero-order valence-electron chi connectivity index (χ0n) is 11.7. The Kier molecular flexibility index (Phi) is 3.98. The summed E-state index contributed by atoms with van der Waals surface area (Å²) >= 11 is 0. The van der Waals surface area contributed by atoms with Crippen LogP contribution in [0.4, 0.5) is 5.69 Å². The maximum absolute atomic E-state index is 11.3. The van der Waals surface area contributed by atoms with Gasteiger partial charge in [0, 0.05) is 13.1 Å². The zero-order chi connectivity index (χ0) is 14.7. The van der Waals surface area contributed by atoms with Gasteiger partial charge in [0.25, 0.3) is 0 Å². The fourth-order valence-corrected chi connectivity index (χ4v) is 2.02. The lowest BCUT2D eigenvalue weighted by Gasteiger charge is -2.20. The van der Waals surface area contributed by atoms with Crippen LogP contribution in [-0.2, 0) is 6.54 Å². The highest BCUT2D eigenvalue weighted by molar-refractivity contribution is 5.94. The first kappa shape index (κ1) is 14.0. The number of hydrogen-bond acceptors (Lipinski definition) is 4. The van der Waals surface area contributed by atoms with Crippen molar-refractivity contribution in [2.24, 2.45) is 0 Å². The molecule has 0 spiro atoms. The second-order valence-corrected chi connectivity index (χ2v) is 4.56. The molecule has 5 nitrogen and oxygen atoms in total. The van der Waals surface area contributed by atoms with Crippen LogP contribution >= 0.6 is 0 Å². The third-order valence-corrected chi connectivity index (χ3v) is 3.04. The van der Waals surface area contributed by atoms with Gasteiger partial charge in [-0.15, -0.1) is 0 Å². The molecule has 0 fully saturated rings. The van der Waals surface area contributed by atoms with E-state index in [9.17, 15) is 9.90 Å². The van der Waals surface area contributed by atoms with Crippen LogP contribution < -0.4 is 9.64 Å². The van der Waals surface area contributed by atoms with Crippen LogP contribution in [0.5, 0.6) is 5.75 Å². The number of benzene rings is 1. The number of methoxy groups -OCH3 is 1. The highest BCUT2D eigenvalue weighted by atomic mass is 16.5. The molecule has 0 aliphatic heterocycles. The fourth-order valence-electron chi connectivity index (χ4n) is 2.02. The molecule has 1 aromatic heterocycles. The molecule has 0 bridgehead atoms. The van der Waals surface area contributed by atoms with Gasteiger partial charge in [-0.3, -0.25) is 0 Å². The summed E-state index contributed by atoms with van der Waals surface area (Å²) in [5, 5.41) is 9.26. The number of aromatic carboxylic acids is 1. The molecule has 106 valence electrons. The SMILES string of the molecule is COc1ccc(C(=O)O)c(N(C)Cc2ccc(C)o2)c1. The summed E-state index contributed by atoms with van der Waals surface area (Å²) in [6, 6.07) is 8.65. The van der Waals surface area contributed by atoms with Crippen LogP contribution in [0.25, 0.3) is 0 Å². The Hall–Kier alpha value is -2.43. The number of nitrogens with zero attached hydrogens (tertiary/aromatic N) is 1. The van der Waals surface area contributed by atoms with Gasteiger partial charge in [-0.25, -0.2) is 4.79 Å². The van der Waals surface area contributed by atoms with Crippen molar-refractivity contribution >= 4 is 11.7 Å². The molecule has 0 atom stereocenters. The molecule has 0 unspecified atom stereocenters. The normalized spacial score (nSPS) is 10.3. The van der Waals surface area contributed by atoms with E-state index in [2.05, 4.69) is 0 Å². The Morgan fingerprint density at radius 1 is 1.35 bits per heavy atom. The quantitative estimate of drug-likeness (QED) is 0.909. The van der Waals surface area contributed by atoms with Gasteiger partial charge in [0.1, 0.15) is 17.3 Å². The van der Waals surface area contributed by atoms with E-state index < -0.39 is 5.97 Å². The summed E-state index contributed by atoms with van der Waals surface area (Å²) in [4.78, 5) is 13.1. The van der Waals surface area contributed by atoms with Crippen LogP contribution in [0.3, 0.4) is 0 Å². The van der Waals surface area contributed by atoms with Crippen LogP contribution in [0.15, 0.2) is 34.7 Å². The van der Waals surface area contributed by atoms with Crippen molar-refractivity contribution in [1.82, 2.24) is 0 Å². The van der Waals surface area contributed by atoms with E-state index in [4.69, 9.17) is 9.15 Å². The van der Waals surface area contributed by atoms with Crippen molar-refractivity contribution in [3.05, 3.63) is 47.4 Å². The van der Waals surface area contributed by atoms with Crippen molar-refractivity contribution < 1.29 is 19.1 Å². The van der Waals surface area contributed by atoms with Gasteiger partial charge in [0.05, 0.1) is 24.9 Å². The summed E-state index contributed by atoms with van der Waals surface area (Å²) in [5.41, 5.74) is 0.822. The number of carbonyl (C=O) groups is 1. The number of carboxylic acids is 1. The number of furan rings is 1. The summed E-state index contributed by atoms with van der Waals surface area (Å²) in [7, 11) is 3.37. The Labute approximate surface area is 117 Å². The molecule has 0 aliphatic carbocycles. The Balaban J connectivity index is 2.31. The number of carboxylic acid groups (broad SMARTS) is 1. The van der Waals surface area contributed by atoms with Crippen molar-refractivity contribution in [3.63, 3.8) is 0 Å². The summed E-state index contributed by atoms with van der Waals surface area (Å²) in [6.07, 6.45) is 0. The molecule has 0 radical (unpaired) electrons. The van der Waals surface area contributed by atoms with E-state index in [1.54, 1.807) is 25.3 Å². The Morgan fingerprint density at radius 2 is 2.10 bits per heavy atom. The predicted octanol–water partition coefficient (Wildman–Crippen LogP) is 2.93. The summed E-state index contributed by atoms with van der Waals surface area (Å²) < 4.78 is 10.7. The summed E-state index contributed by atoms with van der Waals surface area (Å²) in [5.74, 6) is 1.26. The molecule has 1 heterocycles. The van der Waals surface area contributed by atoms with E-state index in [1.807, 2.05) is 31.0 Å². The highest BCUT2D eigenvalue weighted by Crippen LogP contribution is 2.27. The van der Waals surface area contributed by atoms with E-state index in [-0.39, 0.29) is 5.56 Å². The molecule has 0 aliphatic rings. The van der Waals surface area contributed by atoms with Gasteiger partial charge in [-0.05, 0) is 31.2 Å². The molecule has 20 heavy (non-hydrogen) atoms. The Bertz CT molecular complexity index is 618. The molecule has 5 heteroatoms. The predicted molar refractivity (Wildman–Crippen MR) is 75.5 cm³/mol. The third-order valence-electron chi connectivity index (χ3n) is 3.04. The fraction of sp³-hybridized carbons (Fsp3) is 0.267. The number of anilines is 1. The van der Waals surface area contributed by atoms with Crippen molar-refractivity contribution in [3.8, 4) is 5.75 Å². The lowest BCUT2D eigenvalue weighted by molar-refractivity contribution is 0.0697. The minimum absolute atomic E-state index is 0.233. The largest absolute Gasteiger partial charge is 0.497 e. The van der Waals surface area contributed by atoms with Crippen LogP contribution in [0.2, 0.25) is 0 Å². The van der Waals surface area contributed by atoms with E-state index in [0.29, 0.717) is 18.0 Å². The summed E-state index contributed by atoms with van der Waals surface area (Å²) in [6.45, 7) is 2.36. The first-order valence-corrected chi connectivity index (χ1v) is 6.19. The minimum Gasteiger partial charge on any atom is -0.497 e. The average Bonchev–Trinajstić information content (AvgIpc) is 2.83. The second-order valence-electron chi connectivity index (χ2n) is 4.56. The van der Waals surface area contributed by atoms with Crippen molar-refractivity contribution in [2.45, 2.75) is 13.5 Å². The molecule has 1 N–H and O–H groups in total. The highest BCUT2D eigenvalue weighted by Gasteiger charge is 2.15. The topological polar surface area (TPSA) is 62.9 Å². The van der Waals surface area contributed by atoms with E-state index in [0.717, 1.165) is 11.5 Å². The second kappa shape index (κ2) is 5.69. The zero-order valence-corrected chi connectivity index (χ0v) is 11.7. The number of rotatable bonds is 5. The molecule has 1 aromatic carbocycles. The number of aryl methyl sites for hydroxylation is 1. The third kappa shape index (κ3) is 2.93. The van der Waals surface area contributed by atoms with Crippen molar-refractivity contribution in [2.75, 3.05) is 19.1 Å². The maximum atomic E-state index is 11.3. The van der Waals surface area contributed by atoms with Crippen molar-refractivity contribution in [1.29, 1.82) is 0 Å². The van der Waals surface area contributed by atoms with Gasteiger partial charge in [0.2, 0.25) is 0 Å². The van der Waals surface area contributed by atoms with Gasteiger partial charge >= 0.3 is 5.97 Å². The molecule has 0 amide bonds. The van der Waals surface area contributed by atoms with Crippen LogP contribution in [0.1, 0.15) is 21.9 Å². The molecule has 0 saturated carbocycles. The molecular formula is C15H17NO4. The van der Waals surface area contributed by atoms with E-state index in [1.165, 1.54) is 0 Å². The molecule has 2 rings (SSSR count). The average molecular weight is 275 g/mol. The molecular weight excluding hydrogens is 258 g/mol. The lowest BCUT2D eigenvalue weighted by atomic mass is 10.1. The number of ether oxygens (including phenoxy) is 1. The minimum atomic E-state index is -0.967. The van der Waals surface area contributed by atoms with Gasteiger partial charge < -0.3 is 19.2 Å². The first-order chi connectivity index (χ1) is 9.51. The van der Waals surface area contributed by atoms with E-state index >= 15 is 0 Å².